The van der Waals surface area contributed by atoms with Gasteiger partial charge < -0.3 is 5.32 Å². The van der Waals surface area contributed by atoms with Crippen LogP contribution in [0.2, 0.25) is 5.02 Å². The molecule has 1 amide bonds. The lowest BCUT2D eigenvalue weighted by Gasteiger charge is -2.24. The van der Waals surface area contributed by atoms with E-state index in [9.17, 15) is 14.4 Å². The van der Waals surface area contributed by atoms with Crippen LogP contribution in [0, 0.1) is 0 Å². The molecule has 23 heavy (non-hydrogen) atoms. The number of aromatic nitrogens is 2. The van der Waals surface area contributed by atoms with Crippen LogP contribution in [-0.4, -0.2) is 22.0 Å². The van der Waals surface area contributed by atoms with Crippen molar-refractivity contribution in [1.82, 2.24) is 14.9 Å². The van der Waals surface area contributed by atoms with Gasteiger partial charge in [-0.05, 0) is 31.5 Å². The number of hydrogen-bond acceptors (Lipinski definition) is 3. The highest BCUT2D eigenvalue weighted by Crippen LogP contribution is 2.25. The molecule has 1 aromatic carbocycles. The van der Waals surface area contributed by atoms with Gasteiger partial charge in [-0.15, -0.1) is 0 Å². The van der Waals surface area contributed by atoms with Gasteiger partial charge in [0.05, 0.1) is 5.41 Å². The fourth-order valence-electron chi connectivity index (χ4n) is 2.14. The Morgan fingerprint density at radius 2 is 2.04 bits per heavy atom. The molecule has 0 spiro atoms. The van der Waals surface area contributed by atoms with Crippen LogP contribution in [0.1, 0.15) is 19.4 Å². The Morgan fingerprint density at radius 1 is 1.30 bits per heavy atom. The van der Waals surface area contributed by atoms with Gasteiger partial charge in [0, 0.05) is 30.4 Å². The number of carbonyl (C=O) groups excluding carboxylic acids is 1. The molecular formula is C16H18ClN3O3. The average Bonchev–Trinajstić information content (AvgIpc) is 2.49. The molecule has 122 valence electrons. The maximum atomic E-state index is 12.4. The lowest BCUT2D eigenvalue weighted by Crippen LogP contribution is -2.42. The predicted molar refractivity (Wildman–Crippen MR) is 88.8 cm³/mol. The highest BCUT2D eigenvalue weighted by atomic mass is 35.5. The summed E-state index contributed by atoms with van der Waals surface area (Å²) in [6, 6.07) is 8.42. The molecule has 0 saturated carbocycles. The molecule has 0 bridgehead atoms. The van der Waals surface area contributed by atoms with Crippen molar-refractivity contribution >= 4 is 17.5 Å². The van der Waals surface area contributed by atoms with Gasteiger partial charge in [0.2, 0.25) is 5.91 Å². The van der Waals surface area contributed by atoms with Gasteiger partial charge in [-0.1, -0.05) is 23.7 Å². The summed E-state index contributed by atoms with van der Waals surface area (Å²) in [5, 5.41) is 3.37. The molecule has 2 aromatic rings. The molecular weight excluding hydrogens is 318 g/mol. The molecule has 1 aromatic heterocycles. The van der Waals surface area contributed by atoms with E-state index < -0.39 is 16.7 Å². The monoisotopic (exact) mass is 335 g/mol. The predicted octanol–water partition coefficient (Wildman–Crippen LogP) is 1.28. The van der Waals surface area contributed by atoms with E-state index in [4.69, 9.17) is 11.6 Å². The van der Waals surface area contributed by atoms with Crippen LogP contribution in [-0.2, 0) is 16.8 Å². The Bertz CT molecular complexity index is 824. The summed E-state index contributed by atoms with van der Waals surface area (Å²) in [7, 11) is 0. The number of nitrogens with zero attached hydrogens (tertiary/aromatic N) is 1. The van der Waals surface area contributed by atoms with E-state index in [-0.39, 0.29) is 19.0 Å². The van der Waals surface area contributed by atoms with Crippen molar-refractivity contribution in [3.05, 3.63) is 68.0 Å². The van der Waals surface area contributed by atoms with Gasteiger partial charge in [-0.3, -0.25) is 19.1 Å². The molecule has 0 aliphatic heterocycles. The topological polar surface area (TPSA) is 84.0 Å². The molecule has 0 aliphatic rings. The molecule has 0 aliphatic carbocycles. The second-order valence-corrected chi connectivity index (χ2v) is 6.13. The summed E-state index contributed by atoms with van der Waals surface area (Å²) in [5.41, 5.74) is -0.886. The first-order valence-corrected chi connectivity index (χ1v) is 7.52. The summed E-state index contributed by atoms with van der Waals surface area (Å²) < 4.78 is 1.33. The zero-order valence-corrected chi connectivity index (χ0v) is 13.7. The van der Waals surface area contributed by atoms with Crippen molar-refractivity contribution in [2.45, 2.75) is 25.8 Å². The zero-order valence-electron chi connectivity index (χ0n) is 12.9. The van der Waals surface area contributed by atoms with Crippen LogP contribution >= 0.6 is 11.6 Å². The maximum absolute atomic E-state index is 12.4. The fraction of sp³-hybridized carbons (Fsp3) is 0.312. The van der Waals surface area contributed by atoms with E-state index in [0.29, 0.717) is 5.02 Å². The van der Waals surface area contributed by atoms with Gasteiger partial charge in [0.15, 0.2) is 0 Å². The summed E-state index contributed by atoms with van der Waals surface area (Å²) in [4.78, 5) is 37.1. The third kappa shape index (κ3) is 4.10. The van der Waals surface area contributed by atoms with E-state index in [1.807, 2.05) is 6.07 Å². The first-order valence-electron chi connectivity index (χ1n) is 7.15. The van der Waals surface area contributed by atoms with Crippen LogP contribution < -0.4 is 16.6 Å². The number of benzene rings is 1. The SMILES string of the molecule is CC(C)(C(=O)NCCn1ccc(=O)[nH]c1=O)c1cccc(Cl)c1. The molecule has 0 radical (unpaired) electrons. The number of amides is 1. The van der Waals surface area contributed by atoms with Crippen LogP contribution in [0.25, 0.3) is 0 Å². The quantitative estimate of drug-likeness (QED) is 0.863. The fourth-order valence-corrected chi connectivity index (χ4v) is 2.33. The van der Waals surface area contributed by atoms with Gasteiger partial charge in [-0.25, -0.2) is 4.79 Å². The van der Waals surface area contributed by atoms with Crippen LogP contribution in [0.5, 0.6) is 0 Å². The van der Waals surface area contributed by atoms with Gasteiger partial charge in [0.25, 0.3) is 5.56 Å². The Hall–Kier alpha value is -2.34. The van der Waals surface area contributed by atoms with Gasteiger partial charge >= 0.3 is 5.69 Å². The molecule has 1 heterocycles. The van der Waals surface area contributed by atoms with Crippen LogP contribution in [0.4, 0.5) is 0 Å². The van der Waals surface area contributed by atoms with Crippen LogP contribution in [0.3, 0.4) is 0 Å². The largest absolute Gasteiger partial charge is 0.354 e. The first-order chi connectivity index (χ1) is 10.8. The average molecular weight is 336 g/mol. The summed E-state index contributed by atoms with van der Waals surface area (Å²) >= 11 is 5.97. The van der Waals surface area contributed by atoms with Crippen molar-refractivity contribution in [2.75, 3.05) is 6.54 Å². The second-order valence-electron chi connectivity index (χ2n) is 5.69. The van der Waals surface area contributed by atoms with E-state index >= 15 is 0 Å². The molecule has 7 heteroatoms. The summed E-state index contributed by atoms with van der Waals surface area (Å²) in [6.45, 7) is 4.15. The minimum absolute atomic E-state index is 0.169. The zero-order chi connectivity index (χ0) is 17.0. The van der Waals surface area contributed by atoms with Gasteiger partial charge in [-0.2, -0.15) is 0 Å². The lowest BCUT2D eigenvalue weighted by molar-refractivity contribution is -0.125. The molecule has 0 saturated heterocycles. The van der Waals surface area contributed by atoms with Crippen molar-refractivity contribution in [2.24, 2.45) is 0 Å². The number of aromatic amines is 1. The van der Waals surface area contributed by atoms with Gasteiger partial charge in [0.1, 0.15) is 0 Å². The standard InChI is InChI=1S/C16H18ClN3O3/c1-16(2,11-4-3-5-12(17)10-11)14(22)18-7-9-20-8-6-13(21)19-15(20)23/h3-6,8,10H,7,9H2,1-2H3,(H,18,22)(H,19,21,23). The van der Waals surface area contributed by atoms with Crippen molar-refractivity contribution < 1.29 is 4.79 Å². The van der Waals surface area contributed by atoms with Crippen molar-refractivity contribution in [3.63, 3.8) is 0 Å². The van der Waals surface area contributed by atoms with E-state index in [0.717, 1.165) is 5.56 Å². The molecule has 6 nitrogen and oxygen atoms in total. The normalized spacial score (nSPS) is 11.3. The number of rotatable bonds is 5. The third-order valence-electron chi connectivity index (χ3n) is 3.65. The Kier molecular flexibility index (Phi) is 5.05. The number of hydrogen-bond donors (Lipinski definition) is 2. The van der Waals surface area contributed by atoms with Crippen molar-refractivity contribution in [1.29, 1.82) is 0 Å². The Balaban J connectivity index is 2.01. The molecule has 0 atom stereocenters. The number of carbonyl (C=O) groups is 1. The molecule has 2 rings (SSSR count). The first kappa shape index (κ1) is 17.0. The minimum atomic E-state index is -0.749. The summed E-state index contributed by atoms with van der Waals surface area (Å²) in [5.74, 6) is -0.169. The van der Waals surface area contributed by atoms with Crippen molar-refractivity contribution in [3.8, 4) is 0 Å². The third-order valence-corrected chi connectivity index (χ3v) is 3.88. The highest BCUT2D eigenvalue weighted by molar-refractivity contribution is 6.30. The molecule has 0 unspecified atom stereocenters. The maximum Gasteiger partial charge on any atom is 0.328 e. The minimum Gasteiger partial charge on any atom is -0.354 e. The Morgan fingerprint density at radius 3 is 2.70 bits per heavy atom. The number of H-pyrrole nitrogens is 1. The molecule has 2 N–H and O–H groups in total. The summed E-state index contributed by atoms with van der Waals surface area (Å²) in [6.07, 6.45) is 1.40. The number of nitrogens with one attached hydrogen (secondary N) is 2. The highest BCUT2D eigenvalue weighted by Gasteiger charge is 2.29. The lowest BCUT2D eigenvalue weighted by atomic mass is 9.84. The number of halogens is 1. The van der Waals surface area contributed by atoms with E-state index in [1.54, 1.807) is 32.0 Å². The Labute approximate surface area is 138 Å². The van der Waals surface area contributed by atoms with E-state index in [1.165, 1.54) is 16.8 Å². The second kappa shape index (κ2) is 6.83. The van der Waals surface area contributed by atoms with E-state index in [2.05, 4.69) is 10.3 Å². The van der Waals surface area contributed by atoms with Crippen LogP contribution in [0.15, 0.2) is 46.1 Å². The molecule has 0 fully saturated rings. The smallest absolute Gasteiger partial charge is 0.328 e.